The Bertz CT molecular complexity index is 453. The number of benzene rings is 1. The molecule has 0 heterocycles. The van der Waals surface area contributed by atoms with Crippen LogP contribution in [0, 0.1) is 5.82 Å². The van der Waals surface area contributed by atoms with Gasteiger partial charge in [-0.15, -0.1) is 0 Å². The van der Waals surface area contributed by atoms with Gasteiger partial charge >= 0.3 is 0 Å². The fourth-order valence-electron chi connectivity index (χ4n) is 2.73. The zero-order valence-corrected chi connectivity index (χ0v) is 11.4. The topological polar surface area (TPSA) is 46.3 Å². The highest BCUT2D eigenvalue weighted by Gasteiger charge is 2.23. The van der Waals surface area contributed by atoms with Crippen molar-refractivity contribution >= 4 is 11.6 Å². The van der Waals surface area contributed by atoms with E-state index in [4.69, 9.17) is 5.73 Å². The van der Waals surface area contributed by atoms with Gasteiger partial charge in [-0.2, -0.15) is 0 Å². The Morgan fingerprint density at radius 1 is 1.26 bits per heavy atom. The quantitative estimate of drug-likeness (QED) is 0.658. The number of nitrogens with two attached hydrogens (primary N) is 1. The first kappa shape index (κ1) is 13.8. The van der Waals surface area contributed by atoms with Crippen molar-refractivity contribution in [2.24, 2.45) is 0 Å². The number of carbonyl (C=O) groups is 1. The number of carbonyl (C=O) groups excluding carboxylic acids is 1. The van der Waals surface area contributed by atoms with Crippen LogP contribution in [0.5, 0.6) is 0 Å². The van der Waals surface area contributed by atoms with E-state index in [9.17, 15) is 9.18 Å². The Kier molecular flexibility index (Phi) is 4.40. The monoisotopic (exact) mass is 264 g/mol. The van der Waals surface area contributed by atoms with E-state index in [-0.39, 0.29) is 17.6 Å². The summed E-state index contributed by atoms with van der Waals surface area (Å²) in [5.41, 5.74) is 6.34. The van der Waals surface area contributed by atoms with Gasteiger partial charge in [0.05, 0.1) is 5.56 Å². The maximum atomic E-state index is 13.0. The summed E-state index contributed by atoms with van der Waals surface area (Å²) in [7, 11) is 1.82. The van der Waals surface area contributed by atoms with Crippen LogP contribution >= 0.6 is 0 Å². The number of halogens is 1. The van der Waals surface area contributed by atoms with E-state index >= 15 is 0 Å². The molecule has 0 atom stereocenters. The fraction of sp³-hybridized carbons (Fsp3) is 0.533. The third-order valence-corrected chi connectivity index (χ3v) is 3.94. The van der Waals surface area contributed by atoms with Crippen molar-refractivity contribution in [1.29, 1.82) is 0 Å². The summed E-state index contributed by atoms with van der Waals surface area (Å²) >= 11 is 0. The molecule has 1 aliphatic rings. The predicted molar refractivity (Wildman–Crippen MR) is 74.4 cm³/mol. The average Bonchev–Trinajstić information content (AvgIpc) is 2.66. The lowest BCUT2D eigenvalue weighted by Gasteiger charge is -2.27. The van der Waals surface area contributed by atoms with E-state index in [1.807, 2.05) is 7.05 Å². The van der Waals surface area contributed by atoms with Crippen molar-refractivity contribution in [3.8, 4) is 0 Å². The fourth-order valence-corrected chi connectivity index (χ4v) is 2.73. The van der Waals surface area contributed by atoms with Crippen molar-refractivity contribution in [3.63, 3.8) is 0 Å². The normalized spacial score (nSPS) is 16.9. The number of hydrogen-bond acceptors (Lipinski definition) is 2. The van der Waals surface area contributed by atoms with Gasteiger partial charge < -0.3 is 10.6 Å². The largest absolute Gasteiger partial charge is 0.398 e. The second-order valence-electron chi connectivity index (χ2n) is 5.29. The second-order valence-corrected chi connectivity index (χ2v) is 5.29. The molecule has 0 radical (unpaired) electrons. The molecule has 4 heteroatoms. The molecule has 0 saturated heterocycles. The first-order chi connectivity index (χ1) is 9.09. The second kappa shape index (κ2) is 6.04. The molecule has 104 valence electrons. The van der Waals surface area contributed by atoms with Crippen LogP contribution in [0.3, 0.4) is 0 Å². The molecular weight excluding hydrogens is 243 g/mol. The van der Waals surface area contributed by atoms with Crippen LogP contribution in [0.25, 0.3) is 0 Å². The molecule has 3 nitrogen and oxygen atoms in total. The summed E-state index contributed by atoms with van der Waals surface area (Å²) < 4.78 is 13.0. The zero-order valence-electron chi connectivity index (χ0n) is 11.4. The Morgan fingerprint density at radius 3 is 2.47 bits per heavy atom. The highest BCUT2D eigenvalue weighted by Crippen LogP contribution is 2.23. The van der Waals surface area contributed by atoms with Crippen LogP contribution in [0.2, 0.25) is 0 Å². The Hall–Kier alpha value is -1.58. The van der Waals surface area contributed by atoms with Gasteiger partial charge in [0, 0.05) is 18.8 Å². The number of amides is 1. The highest BCUT2D eigenvalue weighted by molar-refractivity contribution is 5.99. The molecule has 2 rings (SSSR count). The van der Waals surface area contributed by atoms with E-state index < -0.39 is 5.82 Å². The molecule has 1 amide bonds. The minimum atomic E-state index is -0.411. The summed E-state index contributed by atoms with van der Waals surface area (Å²) in [6.45, 7) is 0. The number of nitrogen functional groups attached to an aromatic ring is 1. The third kappa shape index (κ3) is 3.25. The van der Waals surface area contributed by atoms with Crippen molar-refractivity contribution in [2.75, 3.05) is 12.8 Å². The van der Waals surface area contributed by atoms with Crippen molar-refractivity contribution in [1.82, 2.24) is 4.90 Å². The summed E-state index contributed by atoms with van der Waals surface area (Å²) in [5.74, 6) is -0.518. The lowest BCUT2D eigenvalue weighted by atomic mass is 10.1. The number of rotatable bonds is 2. The Labute approximate surface area is 113 Å². The van der Waals surface area contributed by atoms with E-state index in [0.717, 1.165) is 12.8 Å². The molecule has 1 aromatic rings. The zero-order chi connectivity index (χ0) is 13.8. The van der Waals surface area contributed by atoms with E-state index in [0.29, 0.717) is 5.56 Å². The lowest BCUT2D eigenvalue weighted by Crippen LogP contribution is -2.37. The van der Waals surface area contributed by atoms with Crippen molar-refractivity contribution < 1.29 is 9.18 Å². The predicted octanol–water partition coefficient (Wildman–Crippen LogP) is 3.20. The molecular formula is C15H21FN2O. The van der Waals surface area contributed by atoms with Crippen LogP contribution in [-0.2, 0) is 0 Å². The molecule has 0 bridgehead atoms. The average molecular weight is 264 g/mol. The van der Waals surface area contributed by atoms with Gasteiger partial charge in [0.1, 0.15) is 5.82 Å². The van der Waals surface area contributed by atoms with Gasteiger partial charge in [0.15, 0.2) is 0 Å². The maximum Gasteiger partial charge on any atom is 0.255 e. The molecule has 0 aromatic heterocycles. The number of anilines is 1. The minimum absolute atomic E-state index is 0.107. The summed E-state index contributed by atoms with van der Waals surface area (Å²) in [6.07, 6.45) is 6.92. The van der Waals surface area contributed by atoms with Crippen molar-refractivity contribution in [2.45, 2.75) is 44.6 Å². The molecule has 1 aliphatic carbocycles. The number of nitrogens with zero attached hydrogens (tertiary/aromatic N) is 1. The molecule has 0 spiro atoms. The molecule has 1 aromatic carbocycles. The first-order valence-corrected chi connectivity index (χ1v) is 6.92. The minimum Gasteiger partial charge on any atom is -0.398 e. The van der Waals surface area contributed by atoms with E-state index in [1.165, 1.54) is 43.9 Å². The summed E-state index contributed by atoms with van der Waals surface area (Å²) in [5, 5.41) is 0. The van der Waals surface area contributed by atoms with Crippen LogP contribution in [0.1, 0.15) is 48.9 Å². The molecule has 1 saturated carbocycles. The SMILES string of the molecule is CN(C(=O)c1ccc(F)cc1N)C1CCCCCC1. The molecule has 1 fully saturated rings. The standard InChI is InChI=1S/C15H21FN2O/c1-18(12-6-4-2-3-5-7-12)15(19)13-9-8-11(16)10-14(13)17/h8-10,12H,2-7,17H2,1H3. The van der Waals surface area contributed by atoms with Gasteiger partial charge in [-0.05, 0) is 31.0 Å². The molecule has 0 unspecified atom stereocenters. The summed E-state index contributed by atoms with van der Waals surface area (Å²) in [6, 6.07) is 4.23. The molecule has 0 aliphatic heterocycles. The number of hydrogen-bond donors (Lipinski definition) is 1. The van der Waals surface area contributed by atoms with Gasteiger partial charge in [-0.25, -0.2) is 4.39 Å². The van der Waals surface area contributed by atoms with E-state index in [1.54, 1.807) is 4.90 Å². The van der Waals surface area contributed by atoms with Crippen LogP contribution in [0.4, 0.5) is 10.1 Å². The molecule has 19 heavy (non-hydrogen) atoms. The van der Waals surface area contributed by atoms with Gasteiger partial charge in [-0.1, -0.05) is 25.7 Å². The smallest absolute Gasteiger partial charge is 0.255 e. The van der Waals surface area contributed by atoms with Crippen LogP contribution < -0.4 is 5.73 Å². The van der Waals surface area contributed by atoms with Crippen LogP contribution in [0.15, 0.2) is 18.2 Å². The van der Waals surface area contributed by atoms with Gasteiger partial charge in [-0.3, -0.25) is 4.79 Å². The van der Waals surface area contributed by atoms with E-state index in [2.05, 4.69) is 0 Å². The Morgan fingerprint density at radius 2 is 1.89 bits per heavy atom. The first-order valence-electron chi connectivity index (χ1n) is 6.92. The molecule has 2 N–H and O–H groups in total. The third-order valence-electron chi connectivity index (χ3n) is 3.94. The van der Waals surface area contributed by atoms with Gasteiger partial charge in [0.25, 0.3) is 5.91 Å². The lowest BCUT2D eigenvalue weighted by molar-refractivity contribution is 0.0719. The van der Waals surface area contributed by atoms with Gasteiger partial charge in [0.2, 0.25) is 0 Å². The summed E-state index contributed by atoms with van der Waals surface area (Å²) in [4.78, 5) is 14.2. The van der Waals surface area contributed by atoms with Crippen LogP contribution in [-0.4, -0.2) is 23.9 Å². The maximum absolute atomic E-state index is 13.0. The Balaban J connectivity index is 2.13. The highest BCUT2D eigenvalue weighted by atomic mass is 19.1. The van der Waals surface area contributed by atoms with Crippen molar-refractivity contribution in [3.05, 3.63) is 29.6 Å².